The van der Waals surface area contributed by atoms with Gasteiger partial charge in [-0.15, -0.1) is 0 Å². The van der Waals surface area contributed by atoms with E-state index in [2.05, 4.69) is 51.5 Å². The Hall–Kier alpha value is -1.63. The molecular formula is C13H26N6O. The third-order valence-corrected chi connectivity index (χ3v) is 2.61. The van der Waals surface area contributed by atoms with Crippen molar-refractivity contribution in [3.05, 3.63) is 0 Å². The zero-order valence-corrected chi connectivity index (χ0v) is 13.1. The number of hydrogen-bond donors (Lipinski definition) is 2. The van der Waals surface area contributed by atoms with Crippen LogP contribution < -0.4 is 15.4 Å². The van der Waals surface area contributed by atoms with Crippen LogP contribution in [0.15, 0.2) is 0 Å². The van der Waals surface area contributed by atoms with Gasteiger partial charge in [-0.3, -0.25) is 0 Å². The molecule has 0 fully saturated rings. The predicted molar refractivity (Wildman–Crippen MR) is 81.4 cm³/mol. The van der Waals surface area contributed by atoms with E-state index in [1.54, 1.807) is 0 Å². The Bertz CT molecular complexity index is 374. The Balaban J connectivity index is 2.71. The fraction of sp³-hybridized carbons (Fsp3) is 0.769. The van der Waals surface area contributed by atoms with Gasteiger partial charge in [-0.25, -0.2) is 0 Å². The van der Waals surface area contributed by atoms with Gasteiger partial charge < -0.3 is 20.3 Å². The topological polar surface area (TPSA) is 75.2 Å². The van der Waals surface area contributed by atoms with Crippen LogP contribution in [0, 0.1) is 0 Å². The van der Waals surface area contributed by atoms with Crippen molar-refractivity contribution in [3.8, 4) is 6.01 Å². The van der Waals surface area contributed by atoms with Gasteiger partial charge in [-0.2, -0.15) is 15.0 Å². The molecule has 0 radical (unpaired) electrons. The highest BCUT2D eigenvalue weighted by Gasteiger charge is 2.09. The summed E-state index contributed by atoms with van der Waals surface area (Å²) in [4.78, 5) is 14.9. The SMILES string of the molecule is CCNc1nc(NC(C)CCN(C)C)nc(OCC)n1. The maximum atomic E-state index is 5.36. The van der Waals surface area contributed by atoms with E-state index in [1.807, 2.05) is 13.8 Å². The van der Waals surface area contributed by atoms with Gasteiger partial charge in [0.1, 0.15) is 0 Å². The van der Waals surface area contributed by atoms with Crippen LogP contribution in [0.3, 0.4) is 0 Å². The van der Waals surface area contributed by atoms with Gasteiger partial charge >= 0.3 is 6.01 Å². The molecule has 20 heavy (non-hydrogen) atoms. The number of nitrogens with zero attached hydrogens (tertiary/aromatic N) is 4. The molecule has 1 rings (SSSR count). The summed E-state index contributed by atoms with van der Waals surface area (Å²) in [6, 6.07) is 0.629. The number of rotatable bonds is 9. The quantitative estimate of drug-likeness (QED) is 0.710. The van der Waals surface area contributed by atoms with Crippen molar-refractivity contribution in [2.24, 2.45) is 0 Å². The molecule has 0 saturated heterocycles. The van der Waals surface area contributed by atoms with E-state index in [0.29, 0.717) is 24.5 Å². The average molecular weight is 282 g/mol. The molecule has 0 aromatic carbocycles. The molecular weight excluding hydrogens is 256 g/mol. The second kappa shape index (κ2) is 8.52. The van der Waals surface area contributed by atoms with Crippen molar-refractivity contribution < 1.29 is 4.74 Å². The average Bonchev–Trinajstić information content (AvgIpc) is 2.37. The maximum absolute atomic E-state index is 5.36. The van der Waals surface area contributed by atoms with Crippen LogP contribution in [0.25, 0.3) is 0 Å². The van der Waals surface area contributed by atoms with E-state index in [-0.39, 0.29) is 6.04 Å². The van der Waals surface area contributed by atoms with Crippen molar-refractivity contribution in [1.29, 1.82) is 0 Å². The zero-order chi connectivity index (χ0) is 15.0. The predicted octanol–water partition coefficient (Wildman–Crippen LogP) is 1.45. The van der Waals surface area contributed by atoms with Crippen LogP contribution in [-0.2, 0) is 0 Å². The van der Waals surface area contributed by atoms with Crippen LogP contribution in [0.2, 0.25) is 0 Å². The van der Waals surface area contributed by atoms with Crippen molar-refractivity contribution in [3.63, 3.8) is 0 Å². The Kier molecular flexibility index (Phi) is 7.00. The van der Waals surface area contributed by atoms with Crippen LogP contribution in [0.4, 0.5) is 11.9 Å². The summed E-state index contributed by atoms with van der Waals surface area (Å²) in [5.74, 6) is 1.08. The molecule has 0 amide bonds. The lowest BCUT2D eigenvalue weighted by Crippen LogP contribution is -2.24. The summed E-state index contributed by atoms with van der Waals surface area (Å²) >= 11 is 0. The first-order valence-electron chi connectivity index (χ1n) is 7.09. The maximum Gasteiger partial charge on any atom is 0.323 e. The van der Waals surface area contributed by atoms with E-state index in [0.717, 1.165) is 19.5 Å². The Morgan fingerprint density at radius 3 is 2.45 bits per heavy atom. The molecule has 7 nitrogen and oxygen atoms in total. The minimum atomic E-state index is 0.281. The van der Waals surface area contributed by atoms with Gasteiger partial charge in [-0.1, -0.05) is 0 Å². The Morgan fingerprint density at radius 2 is 1.85 bits per heavy atom. The number of aromatic nitrogens is 3. The van der Waals surface area contributed by atoms with Crippen LogP contribution in [0.1, 0.15) is 27.2 Å². The fourth-order valence-corrected chi connectivity index (χ4v) is 1.60. The second-order valence-corrected chi connectivity index (χ2v) is 4.87. The first-order valence-corrected chi connectivity index (χ1v) is 7.09. The molecule has 0 aliphatic heterocycles. The van der Waals surface area contributed by atoms with Gasteiger partial charge in [0.15, 0.2) is 0 Å². The first-order chi connectivity index (χ1) is 9.55. The third kappa shape index (κ3) is 6.01. The molecule has 114 valence electrons. The summed E-state index contributed by atoms with van der Waals surface area (Å²) in [5, 5.41) is 6.37. The zero-order valence-electron chi connectivity index (χ0n) is 13.1. The van der Waals surface area contributed by atoms with Gasteiger partial charge in [0, 0.05) is 12.6 Å². The van der Waals surface area contributed by atoms with E-state index in [1.165, 1.54) is 0 Å². The Morgan fingerprint density at radius 1 is 1.15 bits per heavy atom. The van der Waals surface area contributed by atoms with Crippen LogP contribution >= 0.6 is 0 Å². The van der Waals surface area contributed by atoms with Crippen LogP contribution in [0.5, 0.6) is 6.01 Å². The van der Waals surface area contributed by atoms with Crippen molar-refractivity contribution >= 4 is 11.9 Å². The lowest BCUT2D eigenvalue weighted by molar-refractivity contribution is 0.312. The smallest absolute Gasteiger partial charge is 0.323 e. The standard InChI is InChI=1S/C13H26N6O/c1-6-14-11-16-12(18-13(17-11)20-7-2)15-10(3)8-9-19(4)5/h10H,6-9H2,1-5H3,(H2,14,15,16,17,18). The summed E-state index contributed by atoms with van der Waals surface area (Å²) in [7, 11) is 4.12. The number of hydrogen-bond acceptors (Lipinski definition) is 7. The molecule has 0 saturated carbocycles. The molecule has 1 aromatic rings. The monoisotopic (exact) mass is 282 g/mol. The highest BCUT2D eigenvalue weighted by molar-refractivity contribution is 5.36. The summed E-state index contributed by atoms with van der Waals surface area (Å²) in [6.45, 7) is 8.31. The first kappa shape index (κ1) is 16.4. The normalized spacial score (nSPS) is 12.3. The molecule has 0 spiro atoms. The van der Waals surface area contributed by atoms with Crippen molar-refractivity contribution in [2.45, 2.75) is 33.2 Å². The minimum Gasteiger partial charge on any atom is -0.464 e. The lowest BCUT2D eigenvalue weighted by Gasteiger charge is -2.17. The lowest BCUT2D eigenvalue weighted by atomic mass is 10.2. The largest absolute Gasteiger partial charge is 0.464 e. The van der Waals surface area contributed by atoms with E-state index in [4.69, 9.17) is 4.74 Å². The van der Waals surface area contributed by atoms with E-state index in [9.17, 15) is 0 Å². The molecule has 1 atom stereocenters. The third-order valence-electron chi connectivity index (χ3n) is 2.61. The molecule has 7 heteroatoms. The summed E-state index contributed by atoms with van der Waals surface area (Å²) < 4.78 is 5.36. The van der Waals surface area contributed by atoms with Gasteiger partial charge in [0.2, 0.25) is 11.9 Å². The Labute approximate surface area is 121 Å². The molecule has 1 unspecified atom stereocenters. The summed E-state index contributed by atoms with van der Waals surface area (Å²) in [5.41, 5.74) is 0. The van der Waals surface area contributed by atoms with Crippen LogP contribution in [-0.4, -0.2) is 59.7 Å². The molecule has 0 bridgehead atoms. The molecule has 0 aliphatic carbocycles. The van der Waals surface area contributed by atoms with Gasteiger partial charge in [0.25, 0.3) is 0 Å². The second-order valence-electron chi connectivity index (χ2n) is 4.87. The molecule has 1 aromatic heterocycles. The highest BCUT2D eigenvalue weighted by Crippen LogP contribution is 2.12. The number of nitrogens with one attached hydrogen (secondary N) is 2. The minimum absolute atomic E-state index is 0.281. The number of anilines is 2. The van der Waals surface area contributed by atoms with E-state index < -0.39 is 0 Å². The molecule has 1 heterocycles. The highest BCUT2D eigenvalue weighted by atomic mass is 16.5. The number of ether oxygens (including phenoxy) is 1. The van der Waals surface area contributed by atoms with Gasteiger partial charge in [0.05, 0.1) is 6.61 Å². The fourth-order valence-electron chi connectivity index (χ4n) is 1.60. The summed E-state index contributed by atoms with van der Waals surface area (Å²) in [6.07, 6.45) is 1.01. The van der Waals surface area contributed by atoms with E-state index >= 15 is 0 Å². The molecule has 0 aliphatic rings. The van der Waals surface area contributed by atoms with Gasteiger partial charge in [-0.05, 0) is 47.8 Å². The van der Waals surface area contributed by atoms with Crippen molar-refractivity contribution in [2.75, 3.05) is 44.4 Å². The molecule has 2 N–H and O–H groups in total. The van der Waals surface area contributed by atoms with Crippen molar-refractivity contribution in [1.82, 2.24) is 19.9 Å².